The van der Waals surface area contributed by atoms with Crippen molar-refractivity contribution in [1.29, 1.82) is 0 Å². The first-order valence-corrected chi connectivity index (χ1v) is 7.69. The van der Waals surface area contributed by atoms with Crippen LogP contribution in [0.3, 0.4) is 0 Å². The summed E-state index contributed by atoms with van der Waals surface area (Å²) in [6, 6.07) is 22.3. The number of hydrogen-bond acceptors (Lipinski definition) is 3. The van der Waals surface area contributed by atoms with Gasteiger partial charge in [-0.15, -0.1) is 0 Å². The molecule has 2 aromatic heterocycles. The molecule has 0 spiro atoms. The second-order valence-electron chi connectivity index (χ2n) is 5.48. The van der Waals surface area contributed by atoms with Crippen LogP contribution in [0.25, 0.3) is 11.0 Å². The molecule has 1 atom stereocenters. The zero-order valence-corrected chi connectivity index (χ0v) is 12.8. The summed E-state index contributed by atoms with van der Waals surface area (Å²) in [5, 5.41) is 3.89. The number of para-hydroxylation sites is 1. The van der Waals surface area contributed by atoms with Gasteiger partial charge in [-0.25, -0.2) is 0 Å². The monoisotopic (exact) mass is 317 g/mol. The first kappa shape index (κ1) is 14.3. The number of amides is 1. The number of fused-ring (bicyclic) bond motifs is 1. The maximum absolute atomic E-state index is 12.6. The Morgan fingerprint density at radius 2 is 1.71 bits per heavy atom. The van der Waals surface area contributed by atoms with Crippen molar-refractivity contribution < 1.29 is 13.6 Å². The van der Waals surface area contributed by atoms with Gasteiger partial charge < -0.3 is 14.2 Å². The Balaban J connectivity index is 1.66. The van der Waals surface area contributed by atoms with Crippen molar-refractivity contribution in [3.8, 4) is 0 Å². The van der Waals surface area contributed by atoms with E-state index in [2.05, 4.69) is 5.32 Å². The van der Waals surface area contributed by atoms with Crippen molar-refractivity contribution >= 4 is 16.9 Å². The third kappa shape index (κ3) is 2.70. The van der Waals surface area contributed by atoms with Crippen LogP contribution >= 0.6 is 0 Å². The highest BCUT2D eigenvalue weighted by Crippen LogP contribution is 2.24. The van der Waals surface area contributed by atoms with Gasteiger partial charge in [-0.05, 0) is 29.8 Å². The van der Waals surface area contributed by atoms with Crippen molar-refractivity contribution in [2.75, 3.05) is 0 Å². The Kier molecular flexibility index (Phi) is 3.63. The standard InChI is InChI=1S/C20H15NO3/c22-20(18-13-15-9-4-5-10-16(15)24-18)21-19(17-11-6-12-23-17)14-7-2-1-3-8-14/h1-13,19H,(H,21,22). The van der Waals surface area contributed by atoms with Crippen LogP contribution in [-0.2, 0) is 0 Å². The Labute approximate surface area is 138 Å². The van der Waals surface area contributed by atoms with E-state index in [9.17, 15) is 4.79 Å². The molecule has 4 heteroatoms. The Hall–Kier alpha value is -3.27. The van der Waals surface area contributed by atoms with Gasteiger partial charge in [-0.1, -0.05) is 48.5 Å². The van der Waals surface area contributed by atoms with Gasteiger partial charge in [0.05, 0.1) is 6.26 Å². The minimum Gasteiger partial charge on any atom is -0.467 e. The van der Waals surface area contributed by atoms with E-state index in [1.54, 1.807) is 18.4 Å². The minimum absolute atomic E-state index is 0.281. The number of carbonyl (C=O) groups excluding carboxylic acids is 1. The average Bonchev–Trinajstić information content (AvgIpc) is 3.29. The molecule has 4 nitrogen and oxygen atoms in total. The van der Waals surface area contributed by atoms with Gasteiger partial charge in [-0.3, -0.25) is 4.79 Å². The molecule has 0 saturated carbocycles. The van der Waals surface area contributed by atoms with E-state index < -0.39 is 0 Å². The van der Waals surface area contributed by atoms with Gasteiger partial charge in [0.1, 0.15) is 17.4 Å². The van der Waals surface area contributed by atoms with E-state index in [-0.39, 0.29) is 17.7 Å². The summed E-state index contributed by atoms with van der Waals surface area (Å²) in [6.07, 6.45) is 1.60. The van der Waals surface area contributed by atoms with Crippen molar-refractivity contribution in [3.05, 3.63) is 96.1 Å². The summed E-state index contributed by atoms with van der Waals surface area (Å²) in [4.78, 5) is 12.6. The summed E-state index contributed by atoms with van der Waals surface area (Å²) in [7, 11) is 0. The zero-order chi connectivity index (χ0) is 16.4. The quantitative estimate of drug-likeness (QED) is 0.601. The summed E-state index contributed by atoms with van der Waals surface area (Å²) in [5.74, 6) is 0.672. The molecule has 1 N–H and O–H groups in total. The Bertz CT molecular complexity index is 922. The van der Waals surface area contributed by atoms with E-state index in [1.165, 1.54) is 0 Å². The number of benzene rings is 2. The predicted molar refractivity (Wildman–Crippen MR) is 90.7 cm³/mol. The fraction of sp³-hybridized carbons (Fsp3) is 0.0500. The molecule has 4 aromatic rings. The molecule has 118 valence electrons. The topological polar surface area (TPSA) is 55.4 Å². The van der Waals surface area contributed by atoms with Crippen molar-refractivity contribution in [1.82, 2.24) is 5.32 Å². The predicted octanol–water partition coefficient (Wildman–Crippen LogP) is 4.55. The molecule has 2 aromatic carbocycles. The molecule has 0 aliphatic rings. The average molecular weight is 317 g/mol. The van der Waals surface area contributed by atoms with Crippen LogP contribution in [0.1, 0.15) is 27.9 Å². The van der Waals surface area contributed by atoms with Gasteiger partial charge in [0.2, 0.25) is 0 Å². The Morgan fingerprint density at radius 1 is 0.917 bits per heavy atom. The molecule has 0 bridgehead atoms. The summed E-state index contributed by atoms with van der Waals surface area (Å²) >= 11 is 0. The summed E-state index contributed by atoms with van der Waals surface area (Å²) in [6.45, 7) is 0. The third-order valence-corrected chi connectivity index (χ3v) is 3.89. The zero-order valence-electron chi connectivity index (χ0n) is 12.8. The molecule has 0 aliphatic carbocycles. The van der Waals surface area contributed by atoms with Gasteiger partial charge in [0.25, 0.3) is 5.91 Å². The molecule has 1 unspecified atom stereocenters. The number of carbonyl (C=O) groups is 1. The van der Waals surface area contributed by atoms with Gasteiger partial charge in [0, 0.05) is 5.39 Å². The van der Waals surface area contributed by atoms with Crippen LogP contribution in [0.5, 0.6) is 0 Å². The highest BCUT2D eigenvalue weighted by atomic mass is 16.3. The lowest BCUT2D eigenvalue weighted by atomic mass is 10.0. The van der Waals surface area contributed by atoms with Crippen LogP contribution in [0.2, 0.25) is 0 Å². The maximum Gasteiger partial charge on any atom is 0.287 e. The molecule has 4 rings (SSSR count). The normalized spacial score (nSPS) is 12.2. The largest absolute Gasteiger partial charge is 0.467 e. The Morgan fingerprint density at radius 3 is 2.46 bits per heavy atom. The SMILES string of the molecule is O=C(NC(c1ccccc1)c1ccco1)c1cc2ccccc2o1. The lowest BCUT2D eigenvalue weighted by Crippen LogP contribution is -2.28. The van der Waals surface area contributed by atoms with Crippen molar-refractivity contribution in [3.63, 3.8) is 0 Å². The second-order valence-corrected chi connectivity index (χ2v) is 5.48. The van der Waals surface area contributed by atoms with Crippen LogP contribution in [0.15, 0.2) is 87.9 Å². The van der Waals surface area contributed by atoms with Gasteiger partial charge >= 0.3 is 0 Å². The second kappa shape index (κ2) is 6.08. The maximum atomic E-state index is 12.6. The fourth-order valence-corrected chi connectivity index (χ4v) is 2.72. The molecule has 24 heavy (non-hydrogen) atoms. The van der Waals surface area contributed by atoms with E-state index in [1.807, 2.05) is 60.7 Å². The van der Waals surface area contributed by atoms with E-state index in [0.29, 0.717) is 11.3 Å². The first-order chi connectivity index (χ1) is 11.8. The number of hydrogen-bond donors (Lipinski definition) is 1. The lowest BCUT2D eigenvalue weighted by molar-refractivity contribution is 0.0913. The van der Waals surface area contributed by atoms with E-state index >= 15 is 0 Å². The smallest absolute Gasteiger partial charge is 0.287 e. The highest BCUT2D eigenvalue weighted by molar-refractivity contribution is 5.96. The highest BCUT2D eigenvalue weighted by Gasteiger charge is 2.22. The molecule has 1 amide bonds. The van der Waals surface area contributed by atoms with Crippen LogP contribution in [-0.4, -0.2) is 5.91 Å². The molecule has 0 aliphatic heterocycles. The molecular formula is C20H15NO3. The summed E-state index contributed by atoms with van der Waals surface area (Å²) < 4.78 is 11.1. The summed E-state index contributed by atoms with van der Waals surface area (Å²) in [5.41, 5.74) is 1.63. The molecular weight excluding hydrogens is 302 g/mol. The first-order valence-electron chi connectivity index (χ1n) is 7.69. The number of nitrogens with one attached hydrogen (secondary N) is 1. The van der Waals surface area contributed by atoms with Gasteiger partial charge in [0.15, 0.2) is 5.76 Å². The van der Waals surface area contributed by atoms with Crippen LogP contribution in [0, 0.1) is 0 Å². The van der Waals surface area contributed by atoms with Gasteiger partial charge in [-0.2, -0.15) is 0 Å². The minimum atomic E-state index is -0.373. The number of furan rings is 2. The van der Waals surface area contributed by atoms with E-state index in [4.69, 9.17) is 8.83 Å². The lowest BCUT2D eigenvalue weighted by Gasteiger charge is -2.16. The van der Waals surface area contributed by atoms with Crippen LogP contribution in [0.4, 0.5) is 0 Å². The molecule has 2 heterocycles. The number of rotatable bonds is 4. The van der Waals surface area contributed by atoms with Crippen molar-refractivity contribution in [2.45, 2.75) is 6.04 Å². The van der Waals surface area contributed by atoms with Crippen LogP contribution < -0.4 is 5.32 Å². The third-order valence-electron chi connectivity index (χ3n) is 3.89. The molecule has 0 fully saturated rings. The van der Waals surface area contributed by atoms with Crippen molar-refractivity contribution in [2.24, 2.45) is 0 Å². The molecule has 0 saturated heterocycles. The molecule has 0 radical (unpaired) electrons. The fourth-order valence-electron chi connectivity index (χ4n) is 2.72. The van der Waals surface area contributed by atoms with E-state index in [0.717, 1.165) is 10.9 Å².